The van der Waals surface area contributed by atoms with Crippen LogP contribution in [0.1, 0.15) is 21.5 Å². The molecule has 1 aromatic heterocycles. The molecule has 0 spiro atoms. The zero-order valence-corrected chi connectivity index (χ0v) is 11.4. The number of halogens is 1. The van der Waals surface area contributed by atoms with Gasteiger partial charge in [-0.1, -0.05) is 23.7 Å². The number of hydrogen-bond donors (Lipinski definition) is 2. The van der Waals surface area contributed by atoms with E-state index in [1.54, 1.807) is 36.4 Å². The summed E-state index contributed by atoms with van der Waals surface area (Å²) in [6.07, 6.45) is 0. The number of H-pyrrole nitrogens is 2. The highest BCUT2D eigenvalue weighted by Crippen LogP contribution is 2.22. The van der Waals surface area contributed by atoms with Gasteiger partial charge in [-0.3, -0.25) is 4.79 Å². The zero-order valence-electron chi connectivity index (χ0n) is 10.7. The van der Waals surface area contributed by atoms with Crippen LogP contribution in [-0.2, 0) is 0 Å². The van der Waals surface area contributed by atoms with E-state index in [1.165, 1.54) is 0 Å². The van der Waals surface area contributed by atoms with Crippen LogP contribution >= 0.6 is 11.6 Å². The van der Waals surface area contributed by atoms with E-state index in [4.69, 9.17) is 11.6 Å². The maximum atomic E-state index is 12.5. The van der Waals surface area contributed by atoms with Crippen LogP contribution in [0.2, 0.25) is 5.02 Å². The Balaban J connectivity index is 2.12. The van der Waals surface area contributed by atoms with Gasteiger partial charge >= 0.3 is 5.69 Å². The lowest BCUT2D eigenvalue weighted by Crippen LogP contribution is -2.04. The van der Waals surface area contributed by atoms with Crippen molar-refractivity contribution in [1.29, 1.82) is 0 Å². The maximum absolute atomic E-state index is 12.5. The van der Waals surface area contributed by atoms with Gasteiger partial charge in [0.25, 0.3) is 0 Å². The van der Waals surface area contributed by atoms with Gasteiger partial charge in [0.15, 0.2) is 5.78 Å². The molecular formula is C15H11ClN2O2. The molecule has 3 rings (SSSR count). The van der Waals surface area contributed by atoms with E-state index in [2.05, 4.69) is 9.97 Å². The Hall–Kier alpha value is -2.33. The molecule has 0 unspecified atom stereocenters. The van der Waals surface area contributed by atoms with Gasteiger partial charge in [-0.15, -0.1) is 0 Å². The number of ketones is 1. The van der Waals surface area contributed by atoms with Gasteiger partial charge in [0.1, 0.15) is 0 Å². The van der Waals surface area contributed by atoms with Gasteiger partial charge in [0, 0.05) is 16.1 Å². The average Bonchev–Trinajstić information content (AvgIpc) is 2.80. The molecule has 0 bridgehead atoms. The summed E-state index contributed by atoms with van der Waals surface area (Å²) in [4.78, 5) is 29.0. The molecule has 1 heterocycles. The predicted molar refractivity (Wildman–Crippen MR) is 78.5 cm³/mol. The van der Waals surface area contributed by atoms with Crippen molar-refractivity contribution in [3.05, 3.63) is 68.6 Å². The van der Waals surface area contributed by atoms with Crippen LogP contribution in [0.25, 0.3) is 11.0 Å². The van der Waals surface area contributed by atoms with Crippen LogP contribution in [0.3, 0.4) is 0 Å². The van der Waals surface area contributed by atoms with Crippen molar-refractivity contribution >= 4 is 28.4 Å². The quantitative estimate of drug-likeness (QED) is 0.711. The summed E-state index contributed by atoms with van der Waals surface area (Å²) < 4.78 is 0. The minimum atomic E-state index is -0.288. The largest absolute Gasteiger partial charge is 0.323 e. The molecule has 0 saturated heterocycles. The second-order valence-corrected chi connectivity index (χ2v) is 4.99. The second-order valence-electron chi connectivity index (χ2n) is 4.58. The molecular weight excluding hydrogens is 276 g/mol. The lowest BCUT2D eigenvalue weighted by Gasteiger charge is -2.06. The van der Waals surface area contributed by atoms with Gasteiger partial charge in [-0.2, -0.15) is 0 Å². The van der Waals surface area contributed by atoms with Crippen LogP contribution in [-0.4, -0.2) is 15.8 Å². The molecule has 20 heavy (non-hydrogen) atoms. The normalized spacial score (nSPS) is 10.9. The fourth-order valence-corrected chi connectivity index (χ4v) is 2.36. The topological polar surface area (TPSA) is 65.7 Å². The van der Waals surface area contributed by atoms with E-state index in [-0.39, 0.29) is 11.5 Å². The number of carbonyl (C=O) groups is 1. The molecule has 0 amide bonds. The predicted octanol–water partition coefficient (Wildman–Crippen LogP) is 3.05. The molecule has 0 radical (unpaired) electrons. The number of nitrogens with one attached hydrogen (secondary N) is 2. The Bertz CT molecular complexity index is 877. The standard InChI is InChI=1S/C15H11ClN2O2/c1-8-10(3-2-4-11(8)16)14(19)9-5-6-12-13(7-9)18-15(20)17-12/h2-7H,1H3,(H2,17,18,20). The second kappa shape index (κ2) is 4.65. The van der Waals surface area contributed by atoms with Gasteiger partial charge in [0.2, 0.25) is 0 Å². The average molecular weight is 287 g/mol. The summed E-state index contributed by atoms with van der Waals surface area (Å²) in [6, 6.07) is 10.3. The number of benzene rings is 2. The van der Waals surface area contributed by atoms with Crippen molar-refractivity contribution in [2.75, 3.05) is 0 Å². The first-order chi connectivity index (χ1) is 9.56. The molecule has 0 fully saturated rings. The fourth-order valence-electron chi connectivity index (χ4n) is 2.18. The SMILES string of the molecule is Cc1c(Cl)cccc1C(=O)c1ccc2[nH]c(=O)[nH]c2c1. The summed E-state index contributed by atoms with van der Waals surface area (Å²) >= 11 is 6.04. The highest BCUT2D eigenvalue weighted by atomic mass is 35.5. The number of rotatable bonds is 2. The van der Waals surface area contributed by atoms with Crippen molar-refractivity contribution in [3.63, 3.8) is 0 Å². The minimum absolute atomic E-state index is 0.117. The summed E-state index contributed by atoms with van der Waals surface area (Å²) in [7, 11) is 0. The van der Waals surface area contributed by atoms with E-state index in [0.29, 0.717) is 27.2 Å². The Morgan fingerprint density at radius 3 is 2.65 bits per heavy atom. The summed E-state index contributed by atoms with van der Waals surface area (Å²) in [6.45, 7) is 1.81. The maximum Gasteiger partial charge on any atom is 0.323 e. The van der Waals surface area contributed by atoms with E-state index >= 15 is 0 Å². The lowest BCUT2D eigenvalue weighted by atomic mass is 9.99. The summed E-state index contributed by atoms with van der Waals surface area (Å²) in [5.74, 6) is -0.117. The van der Waals surface area contributed by atoms with Crippen molar-refractivity contribution in [1.82, 2.24) is 9.97 Å². The van der Waals surface area contributed by atoms with Gasteiger partial charge in [0.05, 0.1) is 11.0 Å². The third-order valence-electron chi connectivity index (χ3n) is 3.29. The van der Waals surface area contributed by atoms with Crippen LogP contribution < -0.4 is 5.69 Å². The number of fused-ring (bicyclic) bond motifs is 1. The highest BCUT2D eigenvalue weighted by molar-refractivity contribution is 6.32. The molecule has 3 aromatic rings. The number of aromatic nitrogens is 2. The Kier molecular flexibility index (Phi) is 2.95. The monoisotopic (exact) mass is 286 g/mol. The van der Waals surface area contributed by atoms with Crippen LogP contribution in [0.15, 0.2) is 41.2 Å². The number of hydrogen-bond acceptors (Lipinski definition) is 2. The highest BCUT2D eigenvalue weighted by Gasteiger charge is 2.14. The van der Waals surface area contributed by atoms with Crippen LogP contribution in [0.5, 0.6) is 0 Å². The van der Waals surface area contributed by atoms with Gasteiger partial charge in [-0.25, -0.2) is 4.79 Å². The van der Waals surface area contributed by atoms with Crippen molar-refractivity contribution in [2.24, 2.45) is 0 Å². The molecule has 5 heteroatoms. The molecule has 0 saturated carbocycles. The molecule has 2 aromatic carbocycles. The van der Waals surface area contributed by atoms with Gasteiger partial charge < -0.3 is 9.97 Å². The van der Waals surface area contributed by atoms with Crippen molar-refractivity contribution < 1.29 is 4.79 Å². The third kappa shape index (κ3) is 2.04. The van der Waals surface area contributed by atoms with E-state index in [1.807, 2.05) is 6.92 Å². The number of imidazole rings is 1. The number of carbonyl (C=O) groups excluding carboxylic acids is 1. The van der Waals surface area contributed by atoms with Crippen LogP contribution in [0, 0.1) is 6.92 Å². The summed E-state index contributed by atoms with van der Waals surface area (Å²) in [5, 5.41) is 0.562. The van der Waals surface area contributed by atoms with Crippen molar-refractivity contribution in [2.45, 2.75) is 6.92 Å². The molecule has 4 nitrogen and oxygen atoms in total. The smallest absolute Gasteiger partial charge is 0.306 e. The van der Waals surface area contributed by atoms with E-state index < -0.39 is 0 Å². The minimum Gasteiger partial charge on any atom is -0.306 e. The first kappa shape index (κ1) is 12.7. The Morgan fingerprint density at radius 2 is 1.85 bits per heavy atom. The molecule has 0 atom stereocenters. The third-order valence-corrected chi connectivity index (χ3v) is 3.70. The summed E-state index contributed by atoms with van der Waals surface area (Å²) in [5.41, 5.74) is 2.83. The van der Waals surface area contributed by atoms with Crippen LogP contribution in [0.4, 0.5) is 0 Å². The molecule has 0 aliphatic carbocycles. The van der Waals surface area contributed by atoms with Gasteiger partial charge in [-0.05, 0) is 36.8 Å². The Morgan fingerprint density at radius 1 is 1.10 bits per heavy atom. The molecule has 100 valence electrons. The molecule has 0 aliphatic rings. The first-order valence-electron chi connectivity index (χ1n) is 6.08. The first-order valence-corrected chi connectivity index (χ1v) is 6.46. The molecule has 0 aliphatic heterocycles. The lowest BCUT2D eigenvalue weighted by molar-refractivity contribution is 0.103. The van der Waals surface area contributed by atoms with E-state index in [0.717, 1.165) is 5.56 Å². The molecule has 2 N–H and O–H groups in total. The zero-order chi connectivity index (χ0) is 14.3. The Labute approximate surface area is 119 Å². The fraction of sp³-hybridized carbons (Fsp3) is 0.0667. The van der Waals surface area contributed by atoms with Crippen molar-refractivity contribution in [3.8, 4) is 0 Å². The number of aromatic amines is 2. The van der Waals surface area contributed by atoms with E-state index in [9.17, 15) is 9.59 Å².